The largest absolute Gasteiger partial charge is 0.486 e. The molecule has 1 aromatic carbocycles. The summed E-state index contributed by atoms with van der Waals surface area (Å²) in [5.41, 5.74) is 1.09. The van der Waals surface area contributed by atoms with Crippen LogP contribution in [0.4, 0.5) is 0 Å². The van der Waals surface area contributed by atoms with Crippen molar-refractivity contribution in [1.82, 2.24) is 10.2 Å². The Morgan fingerprint density at radius 1 is 1.25 bits per heavy atom. The van der Waals surface area contributed by atoms with Gasteiger partial charge in [0.1, 0.15) is 13.2 Å². The van der Waals surface area contributed by atoms with Crippen LogP contribution in [0.1, 0.15) is 5.56 Å². The lowest BCUT2D eigenvalue weighted by molar-refractivity contribution is 0.171. The highest BCUT2D eigenvalue weighted by Gasteiger charge is 2.17. The molecule has 0 spiro atoms. The number of nitrogens with zero attached hydrogens (tertiary/aromatic N) is 2. The Kier molecular flexibility index (Phi) is 4.60. The fraction of sp³-hybridized carbons (Fsp3) is 0.333. The van der Waals surface area contributed by atoms with E-state index in [1.165, 1.54) is 0 Å². The number of ether oxygens (including phenoxy) is 2. The van der Waals surface area contributed by atoms with Gasteiger partial charge in [-0.05, 0) is 24.0 Å². The Hall–Kier alpha value is -0.630. The van der Waals surface area contributed by atoms with E-state index in [-0.39, 0.29) is 0 Å². The molecule has 1 aliphatic rings. The maximum atomic E-state index is 6.21. The lowest BCUT2D eigenvalue weighted by Gasteiger charge is -2.20. The highest BCUT2D eigenvalue weighted by molar-refractivity contribution is 8.02. The van der Waals surface area contributed by atoms with Crippen LogP contribution in [0, 0.1) is 0 Å². The van der Waals surface area contributed by atoms with E-state index in [1.807, 2.05) is 18.4 Å². The topological polar surface area (TPSA) is 44.2 Å². The fourth-order valence-corrected chi connectivity index (χ4v) is 4.39. The van der Waals surface area contributed by atoms with Crippen LogP contribution < -0.4 is 9.47 Å². The van der Waals surface area contributed by atoms with Gasteiger partial charge >= 0.3 is 0 Å². The first-order valence-corrected chi connectivity index (χ1v) is 9.25. The van der Waals surface area contributed by atoms with Crippen molar-refractivity contribution in [2.45, 2.75) is 14.4 Å². The molecule has 106 valence electrons. The molecular formula is C12H11ClN2O2S3. The number of rotatable bonds is 4. The van der Waals surface area contributed by atoms with Crippen LogP contribution in [0.2, 0.25) is 5.02 Å². The van der Waals surface area contributed by atoms with Crippen molar-refractivity contribution in [2.24, 2.45) is 0 Å². The second-order valence-corrected chi connectivity index (χ2v) is 7.59. The lowest BCUT2D eigenvalue weighted by atomic mass is 10.2. The molecule has 4 nitrogen and oxygen atoms in total. The van der Waals surface area contributed by atoms with Crippen molar-refractivity contribution >= 4 is 46.5 Å². The molecule has 0 bridgehead atoms. The summed E-state index contributed by atoms with van der Waals surface area (Å²) in [4.78, 5) is 0. The molecule has 20 heavy (non-hydrogen) atoms. The van der Waals surface area contributed by atoms with E-state index >= 15 is 0 Å². The van der Waals surface area contributed by atoms with E-state index in [2.05, 4.69) is 10.2 Å². The molecule has 0 saturated carbocycles. The number of benzene rings is 1. The minimum absolute atomic E-state index is 0.545. The lowest BCUT2D eigenvalue weighted by Crippen LogP contribution is -2.15. The van der Waals surface area contributed by atoms with Gasteiger partial charge in [0.25, 0.3) is 0 Å². The molecule has 0 N–H and O–H groups in total. The quantitative estimate of drug-likeness (QED) is 0.780. The van der Waals surface area contributed by atoms with Gasteiger partial charge in [0.15, 0.2) is 20.2 Å². The highest BCUT2D eigenvalue weighted by Crippen LogP contribution is 2.40. The van der Waals surface area contributed by atoms with Crippen LogP contribution >= 0.6 is 46.5 Å². The van der Waals surface area contributed by atoms with Gasteiger partial charge in [0.05, 0.1) is 5.02 Å². The first kappa shape index (κ1) is 14.3. The Labute approximate surface area is 134 Å². The van der Waals surface area contributed by atoms with Gasteiger partial charge in [-0.2, -0.15) is 0 Å². The van der Waals surface area contributed by atoms with Crippen molar-refractivity contribution in [2.75, 3.05) is 19.5 Å². The Morgan fingerprint density at radius 2 is 2.05 bits per heavy atom. The first-order valence-electron chi connectivity index (χ1n) is 5.84. The zero-order valence-electron chi connectivity index (χ0n) is 10.6. The third-order valence-corrected chi connectivity index (χ3v) is 5.97. The van der Waals surface area contributed by atoms with Crippen molar-refractivity contribution in [3.05, 3.63) is 22.7 Å². The van der Waals surface area contributed by atoms with Crippen LogP contribution in [0.3, 0.4) is 0 Å². The summed E-state index contributed by atoms with van der Waals surface area (Å²) in [6.45, 7) is 1.11. The molecule has 1 aliphatic heterocycles. The fourth-order valence-electron chi connectivity index (χ4n) is 1.73. The van der Waals surface area contributed by atoms with Crippen LogP contribution in [0.5, 0.6) is 11.5 Å². The minimum Gasteiger partial charge on any atom is -0.486 e. The summed E-state index contributed by atoms with van der Waals surface area (Å²) in [6, 6.07) is 3.89. The standard InChI is InChI=1S/C12H11ClN2O2S3/c1-18-11-14-15-12(20-11)19-6-7-4-8(13)10-9(5-7)16-2-3-17-10/h4-5H,2-3,6H2,1H3. The molecular weight excluding hydrogens is 336 g/mol. The molecule has 0 aliphatic carbocycles. The molecule has 2 aromatic rings. The predicted octanol–water partition coefficient (Wildman–Crippen LogP) is 3.98. The first-order chi connectivity index (χ1) is 9.76. The molecule has 0 atom stereocenters. The van der Waals surface area contributed by atoms with Gasteiger partial charge in [-0.3, -0.25) is 0 Å². The average Bonchev–Trinajstić information content (AvgIpc) is 2.93. The van der Waals surface area contributed by atoms with Crippen LogP contribution in [-0.4, -0.2) is 29.7 Å². The van der Waals surface area contributed by atoms with Crippen LogP contribution in [0.15, 0.2) is 20.8 Å². The molecule has 0 fully saturated rings. The van der Waals surface area contributed by atoms with E-state index in [4.69, 9.17) is 21.1 Å². The number of hydrogen-bond acceptors (Lipinski definition) is 7. The molecule has 2 heterocycles. The smallest absolute Gasteiger partial charge is 0.179 e. The minimum atomic E-state index is 0.545. The summed E-state index contributed by atoms with van der Waals surface area (Å²) in [5.74, 6) is 2.15. The van der Waals surface area contributed by atoms with Crippen molar-refractivity contribution < 1.29 is 9.47 Å². The Bertz CT molecular complexity index is 621. The van der Waals surface area contributed by atoms with E-state index in [9.17, 15) is 0 Å². The number of halogens is 1. The van der Waals surface area contributed by atoms with Crippen LogP contribution in [-0.2, 0) is 5.75 Å². The molecule has 3 rings (SSSR count). The summed E-state index contributed by atoms with van der Waals surface area (Å²) >= 11 is 11.1. The van der Waals surface area contributed by atoms with E-state index < -0.39 is 0 Å². The monoisotopic (exact) mass is 346 g/mol. The SMILES string of the molecule is CSc1nnc(SCc2cc(Cl)c3c(c2)OCCO3)s1. The average molecular weight is 347 g/mol. The second-order valence-electron chi connectivity index (χ2n) is 3.93. The number of hydrogen-bond donors (Lipinski definition) is 0. The molecule has 8 heteroatoms. The molecule has 1 aromatic heterocycles. The third kappa shape index (κ3) is 3.16. The zero-order valence-corrected chi connectivity index (χ0v) is 13.8. The van der Waals surface area contributed by atoms with Gasteiger partial charge in [0, 0.05) is 5.75 Å². The molecule has 0 unspecified atom stereocenters. The normalized spacial score (nSPS) is 13.5. The number of fused-ring (bicyclic) bond motifs is 1. The highest BCUT2D eigenvalue weighted by atomic mass is 35.5. The maximum Gasteiger partial charge on any atom is 0.179 e. The number of aromatic nitrogens is 2. The van der Waals surface area contributed by atoms with E-state index in [1.54, 1.807) is 34.9 Å². The number of thioether (sulfide) groups is 2. The van der Waals surface area contributed by atoms with Gasteiger partial charge in [-0.1, -0.05) is 46.5 Å². The van der Waals surface area contributed by atoms with E-state index in [0.717, 1.165) is 25.7 Å². The predicted molar refractivity (Wildman–Crippen MR) is 83.7 cm³/mol. The Morgan fingerprint density at radius 3 is 2.85 bits per heavy atom. The van der Waals surface area contributed by atoms with Gasteiger partial charge in [-0.25, -0.2) is 0 Å². The summed E-state index contributed by atoms with van der Waals surface area (Å²) in [6.07, 6.45) is 2.00. The maximum absolute atomic E-state index is 6.21. The van der Waals surface area contributed by atoms with Crippen LogP contribution in [0.25, 0.3) is 0 Å². The summed E-state index contributed by atoms with van der Waals surface area (Å²) in [5, 5.41) is 8.81. The molecule has 0 amide bonds. The molecule has 0 radical (unpaired) electrons. The molecule has 0 saturated heterocycles. The second kappa shape index (κ2) is 6.43. The van der Waals surface area contributed by atoms with Gasteiger partial charge in [-0.15, -0.1) is 10.2 Å². The van der Waals surface area contributed by atoms with Crippen molar-refractivity contribution in [3.63, 3.8) is 0 Å². The third-order valence-electron chi connectivity index (χ3n) is 2.58. The summed E-state index contributed by atoms with van der Waals surface area (Å²) in [7, 11) is 0. The summed E-state index contributed by atoms with van der Waals surface area (Å²) < 4.78 is 13.0. The van der Waals surface area contributed by atoms with Crippen molar-refractivity contribution in [3.8, 4) is 11.5 Å². The Balaban J connectivity index is 1.72. The van der Waals surface area contributed by atoms with Crippen molar-refractivity contribution in [1.29, 1.82) is 0 Å². The van der Waals surface area contributed by atoms with Gasteiger partial charge < -0.3 is 9.47 Å². The van der Waals surface area contributed by atoms with E-state index in [0.29, 0.717) is 24.0 Å². The zero-order chi connectivity index (χ0) is 13.9. The van der Waals surface area contributed by atoms with Gasteiger partial charge in [0.2, 0.25) is 0 Å².